The predicted octanol–water partition coefficient (Wildman–Crippen LogP) is 2.48. The van der Waals surface area contributed by atoms with E-state index in [1.165, 1.54) is 49.6 Å². The van der Waals surface area contributed by atoms with Gasteiger partial charge >= 0.3 is 5.97 Å². The Morgan fingerprint density at radius 1 is 1.00 bits per heavy atom. The Hall–Kier alpha value is -4.03. The Morgan fingerprint density at radius 3 is 2.15 bits per heavy atom. The molecule has 0 radical (unpaired) electrons. The van der Waals surface area contributed by atoms with Crippen molar-refractivity contribution < 1.29 is 27.9 Å². The van der Waals surface area contributed by atoms with E-state index in [0.717, 1.165) is 6.07 Å². The van der Waals surface area contributed by atoms with Crippen molar-refractivity contribution in [3.05, 3.63) is 77.5 Å². The molecule has 0 fully saturated rings. The van der Waals surface area contributed by atoms with Crippen LogP contribution in [0.3, 0.4) is 0 Å². The molecule has 0 aliphatic heterocycles. The van der Waals surface area contributed by atoms with Crippen LogP contribution in [-0.4, -0.2) is 42.5 Å². The Kier molecular flexibility index (Phi) is 6.89. The lowest BCUT2D eigenvalue weighted by Gasteiger charge is -2.14. The van der Waals surface area contributed by atoms with E-state index in [2.05, 4.69) is 15.0 Å². The number of aromatic nitrogens is 1. The number of thiocarbonyl (C=S) groups is 1. The fourth-order valence-electron chi connectivity index (χ4n) is 2.68. The maximum absolute atomic E-state index is 12.8. The van der Waals surface area contributed by atoms with E-state index >= 15 is 0 Å². The van der Waals surface area contributed by atoms with E-state index in [1.54, 1.807) is 12.1 Å². The molecule has 5 N–H and O–H groups in total. The summed E-state index contributed by atoms with van der Waals surface area (Å²) in [4.78, 5) is 28.0. The van der Waals surface area contributed by atoms with Gasteiger partial charge in [0.15, 0.2) is 11.5 Å². The van der Waals surface area contributed by atoms with Crippen LogP contribution < -0.4 is 20.5 Å². The number of rotatable bonds is 8. The summed E-state index contributed by atoms with van der Waals surface area (Å²) in [7, 11) is -2.63. The number of benzene rings is 2. The maximum Gasteiger partial charge on any atom is 0.354 e. The first kappa shape index (κ1) is 23.6. The highest BCUT2D eigenvalue weighted by atomic mass is 32.2. The van der Waals surface area contributed by atoms with Crippen LogP contribution >= 0.6 is 12.2 Å². The van der Waals surface area contributed by atoms with Gasteiger partial charge in [0.05, 0.1) is 17.7 Å². The highest BCUT2D eigenvalue weighted by Crippen LogP contribution is 2.25. The number of anilines is 2. The number of carboxylic acids is 1. The molecule has 0 aliphatic carbocycles. The first-order chi connectivity index (χ1) is 15.6. The van der Waals surface area contributed by atoms with Gasteiger partial charge in [-0.05, 0) is 48.5 Å². The third-order valence-corrected chi connectivity index (χ3v) is 6.01. The molecule has 1 aromatic heterocycles. The van der Waals surface area contributed by atoms with Gasteiger partial charge in [0.1, 0.15) is 10.7 Å². The van der Waals surface area contributed by atoms with E-state index in [-0.39, 0.29) is 32.6 Å². The van der Waals surface area contributed by atoms with Crippen molar-refractivity contribution in [1.82, 2.24) is 4.98 Å². The molecule has 3 rings (SSSR count). The molecule has 0 atom stereocenters. The van der Waals surface area contributed by atoms with Crippen LogP contribution in [0.1, 0.15) is 26.4 Å². The standard InChI is InChI=1S/C21H18N4O6S2/c1-31-14-6-8-15(9-7-14)33(29,30)25-16-10-11-17(21(27)28)23-19(16)24-20(26)13-4-2-12(3-5-13)18(22)32/h2-11,25H,1H3,(H2,22,32)(H,27,28)(H,23,24,26). The van der Waals surface area contributed by atoms with Gasteiger partial charge in [-0.2, -0.15) is 0 Å². The number of carbonyl (C=O) groups excluding carboxylic acids is 1. The number of carboxylic acid groups (broad SMARTS) is 1. The van der Waals surface area contributed by atoms with Crippen molar-refractivity contribution in [3.63, 3.8) is 0 Å². The van der Waals surface area contributed by atoms with Gasteiger partial charge in [-0.15, -0.1) is 0 Å². The van der Waals surface area contributed by atoms with Crippen molar-refractivity contribution in [2.75, 3.05) is 17.1 Å². The molecule has 0 saturated carbocycles. The molecule has 12 heteroatoms. The Morgan fingerprint density at radius 2 is 1.61 bits per heavy atom. The molecular formula is C21H18N4O6S2. The lowest BCUT2D eigenvalue weighted by molar-refractivity contribution is 0.0690. The van der Waals surface area contributed by atoms with E-state index in [9.17, 15) is 23.1 Å². The van der Waals surface area contributed by atoms with Crippen molar-refractivity contribution in [1.29, 1.82) is 0 Å². The second-order valence-electron chi connectivity index (χ2n) is 6.57. The average Bonchev–Trinajstić information content (AvgIpc) is 2.80. The fourth-order valence-corrected chi connectivity index (χ4v) is 3.88. The van der Waals surface area contributed by atoms with Crippen LogP contribution in [0.15, 0.2) is 65.6 Å². The smallest absolute Gasteiger partial charge is 0.354 e. The summed E-state index contributed by atoms with van der Waals surface area (Å²) in [5, 5.41) is 11.7. The molecule has 10 nitrogen and oxygen atoms in total. The number of hydrogen-bond donors (Lipinski definition) is 4. The minimum atomic E-state index is -4.08. The molecule has 2 aromatic carbocycles. The topological polar surface area (TPSA) is 161 Å². The van der Waals surface area contributed by atoms with Crippen LogP contribution in [0.5, 0.6) is 5.75 Å². The summed E-state index contributed by atoms with van der Waals surface area (Å²) >= 11 is 4.88. The Bertz CT molecular complexity index is 1320. The average molecular weight is 487 g/mol. The minimum Gasteiger partial charge on any atom is -0.497 e. The van der Waals surface area contributed by atoms with Crippen molar-refractivity contribution in [3.8, 4) is 5.75 Å². The van der Waals surface area contributed by atoms with Crippen LogP contribution in [0, 0.1) is 0 Å². The zero-order valence-corrected chi connectivity index (χ0v) is 18.7. The highest BCUT2D eigenvalue weighted by Gasteiger charge is 2.20. The van der Waals surface area contributed by atoms with Gasteiger partial charge < -0.3 is 20.9 Å². The summed E-state index contributed by atoms with van der Waals surface area (Å²) < 4.78 is 32.9. The number of amides is 1. The summed E-state index contributed by atoms with van der Waals surface area (Å²) in [6, 6.07) is 13.9. The van der Waals surface area contributed by atoms with E-state index in [4.69, 9.17) is 22.7 Å². The molecule has 1 amide bonds. The maximum atomic E-state index is 12.8. The number of aromatic carboxylic acids is 1. The van der Waals surface area contributed by atoms with Crippen LogP contribution in [0.25, 0.3) is 0 Å². The summed E-state index contributed by atoms with van der Waals surface area (Å²) in [6.45, 7) is 0. The quantitative estimate of drug-likeness (QED) is 0.351. The van der Waals surface area contributed by atoms with Crippen molar-refractivity contribution in [2.45, 2.75) is 4.90 Å². The number of sulfonamides is 1. The van der Waals surface area contributed by atoms with Crippen LogP contribution in [-0.2, 0) is 10.0 Å². The number of nitrogens with zero attached hydrogens (tertiary/aromatic N) is 1. The molecular weight excluding hydrogens is 468 g/mol. The molecule has 0 aliphatic rings. The lowest BCUT2D eigenvalue weighted by atomic mass is 10.1. The van der Waals surface area contributed by atoms with Gasteiger partial charge in [0, 0.05) is 11.1 Å². The van der Waals surface area contributed by atoms with Crippen LogP contribution in [0.2, 0.25) is 0 Å². The van der Waals surface area contributed by atoms with E-state index < -0.39 is 21.9 Å². The zero-order chi connectivity index (χ0) is 24.2. The predicted molar refractivity (Wildman–Crippen MR) is 125 cm³/mol. The summed E-state index contributed by atoms with van der Waals surface area (Å²) in [6.07, 6.45) is 0. The molecule has 0 unspecified atom stereocenters. The number of nitrogens with one attached hydrogen (secondary N) is 2. The van der Waals surface area contributed by atoms with Gasteiger partial charge in [0.2, 0.25) is 0 Å². The number of pyridine rings is 1. The van der Waals surface area contributed by atoms with E-state index in [0.29, 0.717) is 11.3 Å². The van der Waals surface area contributed by atoms with Gasteiger partial charge in [-0.3, -0.25) is 9.52 Å². The molecule has 3 aromatic rings. The number of ether oxygens (including phenoxy) is 1. The summed E-state index contributed by atoms with van der Waals surface area (Å²) in [5.74, 6) is -1.81. The Labute approximate surface area is 194 Å². The van der Waals surface area contributed by atoms with Crippen molar-refractivity contribution in [2.24, 2.45) is 5.73 Å². The molecule has 0 spiro atoms. The third-order valence-electron chi connectivity index (χ3n) is 4.39. The minimum absolute atomic E-state index is 0.0729. The van der Waals surface area contributed by atoms with Gasteiger partial charge in [-0.25, -0.2) is 18.2 Å². The Balaban J connectivity index is 1.93. The molecule has 33 heavy (non-hydrogen) atoms. The third kappa shape index (κ3) is 5.61. The SMILES string of the molecule is COc1ccc(S(=O)(=O)Nc2ccc(C(=O)O)nc2NC(=O)c2ccc(C(N)=S)cc2)cc1. The second-order valence-corrected chi connectivity index (χ2v) is 8.70. The second kappa shape index (κ2) is 9.63. The fraction of sp³-hybridized carbons (Fsp3) is 0.0476. The molecule has 0 bridgehead atoms. The number of hydrogen-bond acceptors (Lipinski definition) is 7. The normalized spacial score (nSPS) is 10.8. The number of methoxy groups -OCH3 is 1. The largest absolute Gasteiger partial charge is 0.497 e. The monoisotopic (exact) mass is 486 g/mol. The van der Waals surface area contributed by atoms with Crippen molar-refractivity contribution >= 4 is 50.6 Å². The molecule has 0 saturated heterocycles. The zero-order valence-electron chi connectivity index (χ0n) is 17.1. The number of carbonyl (C=O) groups is 2. The van der Waals surface area contributed by atoms with Gasteiger partial charge in [0.25, 0.3) is 15.9 Å². The number of nitrogens with two attached hydrogens (primary N) is 1. The van der Waals surface area contributed by atoms with Crippen LogP contribution in [0.4, 0.5) is 11.5 Å². The summed E-state index contributed by atoms with van der Waals surface area (Å²) in [5.41, 5.74) is 5.79. The first-order valence-electron chi connectivity index (χ1n) is 9.23. The highest BCUT2D eigenvalue weighted by molar-refractivity contribution is 7.92. The van der Waals surface area contributed by atoms with E-state index in [1.807, 2.05) is 0 Å². The molecule has 1 heterocycles. The van der Waals surface area contributed by atoms with Gasteiger partial charge in [-0.1, -0.05) is 24.4 Å². The molecule has 170 valence electrons. The lowest BCUT2D eigenvalue weighted by Crippen LogP contribution is -2.19. The first-order valence-corrected chi connectivity index (χ1v) is 11.1.